The van der Waals surface area contributed by atoms with Gasteiger partial charge in [-0.1, -0.05) is 12.1 Å². The minimum atomic E-state index is -0.348. The lowest BCUT2D eigenvalue weighted by Gasteiger charge is -2.06. The van der Waals surface area contributed by atoms with E-state index < -0.39 is 0 Å². The third-order valence-corrected chi connectivity index (χ3v) is 5.37. The van der Waals surface area contributed by atoms with E-state index in [0.29, 0.717) is 11.4 Å². The van der Waals surface area contributed by atoms with Crippen LogP contribution in [0.4, 0.5) is 5.82 Å². The number of esters is 1. The maximum atomic E-state index is 11.9. The van der Waals surface area contributed by atoms with Gasteiger partial charge in [0.15, 0.2) is 0 Å². The number of carbonyl (C=O) groups excluding carboxylic acids is 1. The van der Waals surface area contributed by atoms with E-state index in [4.69, 9.17) is 4.74 Å². The summed E-state index contributed by atoms with van der Waals surface area (Å²) in [6.07, 6.45) is 2.23. The van der Waals surface area contributed by atoms with Crippen LogP contribution in [-0.2, 0) is 11.2 Å². The van der Waals surface area contributed by atoms with Crippen LogP contribution < -0.4 is 5.32 Å². The van der Waals surface area contributed by atoms with Gasteiger partial charge in [0, 0.05) is 13.0 Å². The summed E-state index contributed by atoms with van der Waals surface area (Å²) >= 11 is 1.32. The Labute approximate surface area is 153 Å². The second-order valence-electron chi connectivity index (χ2n) is 5.83. The number of imidazole rings is 1. The van der Waals surface area contributed by atoms with E-state index in [1.54, 1.807) is 0 Å². The van der Waals surface area contributed by atoms with Crippen LogP contribution in [-0.4, -0.2) is 39.6 Å². The maximum Gasteiger partial charge on any atom is 0.348 e. The van der Waals surface area contributed by atoms with Crippen molar-refractivity contribution in [2.75, 3.05) is 19.0 Å². The largest absolute Gasteiger partial charge is 0.465 e. The van der Waals surface area contributed by atoms with E-state index in [2.05, 4.69) is 25.3 Å². The number of nitrogens with one attached hydrogen (secondary N) is 2. The molecule has 0 spiro atoms. The highest BCUT2D eigenvalue weighted by Crippen LogP contribution is 2.33. The monoisotopic (exact) mass is 367 g/mol. The van der Waals surface area contributed by atoms with Crippen molar-refractivity contribution < 1.29 is 9.53 Å². The molecule has 0 bridgehead atoms. The number of aryl methyl sites for hydroxylation is 1. The molecular weight excluding hydrogens is 350 g/mol. The van der Waals surface area contributed by atoms with Gasteiger partial charge in [0.2, 0.25) is 0 Å². The summed E-state index contributed by atoms with van der Waals surface area (Å²) in [7, 11) is 1.38. The Hall–Kier alpha value is -3.00. The number of benzene rings is 1. The number of anilines is 1. The number of aromatic nitrogens is 4. The van der Waals surface area contributed by atoms with Crippen LogP contribution in [0.2, 0.25) is 0 Å². The molecule has 2 N–H and O–H groups in total. The number of H-pyrrole nitrogens is 1. The summed E-state index contributed by atoms with van der Waals surface area (Å²) in [6, 6.07) is 7.95. The number of fused-ring (bicyclic) bond motifs is 2. The summed E-state index contributed by atoms with van der Waals surface area (Å²) in [5.74, 6) is 1.29. The van der Waals surface area contributed by atoms with Crippen molar-refractivity contribution in [2.45, 2.75) is 13.3 Å². The van der Waals surface area contributed by atoms with Gasteiger partial charge in [0.1, 0.15) is 27.7 Å². The Balaban J connectivity index is 1.55. The zero-order chi connectivity index (χ0) is 18.1. The number of carbonyl (C=O) groups is 1. The molecule has 8 heteroatoms. The molecule has 0 saturated heterocycles. The van der Waals surface area contributed by atoms with Gasteiger partial charge in [-0.3, -0.25) is 0 Å². The van der Waals surface area contributed by atoms with E-state index in [1.807, 2.05) is 31.2 Å². The van der Waals surface area contributed by atoms with E-state index in [0.717, 1.165) is 44.9 Å². The Morgan fingerprint density at radius 1 is 1.31 bits per heavy atom. The first-order chi connectivity index (χ1) is 12.7. The first-order valence-corrected chi connectivity index (χ1v) is 8.99. The number of para-hydroxylation sites is 2. The topological polar surface area (TPSA) is 92.8 Å². The predicted octanol–water partition coefficient (Wildman–Crippen LogP) is 3.32. The molecule has 0 amide bonds. The first kappa shape index (κ1) is 16.5. The van der Waals surface area contributed by atoms with Gasteiger partial charge in [0.05, 0.1) is 23.5 Å². The third-order valence-electron chi connectivity index (χ3n) is 4.19. The van der Waals surface area contributed by atoms with Crippen LogP contribution in [0.15, 0.2) is 30.6 Å². The molecule has 0 aliphatic heterocycles. The average molecular weight is 367 g/mol. The molecule has 132 valence electrons. The normalized spacial score (nSPS) is 11.2. The summed E-state index contributed by atoms with van der Waals surface area (Å²) in [4.78, 5) is 29.7. The highest BCUT2D eigenvalue weighted by molar-refractivity contribution is 7.20. The minimum Gasteiger partial charge on any atom is -0.465 e. The lowest BCUT2D eigenvalue weighted by molar-refractivity contribution is 0.0605. The number of nitrogens with zero attached hydrogens (tertiary/aromatic N) is 3. The predicted molar refractivity (Wildman–Crippen MR) is 102 cm³/mol. The van der Waals surface area contributed by atoms with Crippen LogP contribution in [0.25, 0.3) is 21.3 Å². The van der Waals surface area contributed by atoms with E-state index in [9.17, 15) is 4.79 Å². The molecule has 0 atom stereocenters. The number of rotatable bonds is 5. The minimum absolute atomic E-state index is 0.348. The fraction of sp³-hybridized carbons (Fsp3) is 0.222. The van der Waals surface area contributed by atoms with E-state index in [-0.39, 0.29) is 5.97 Å². The zero-order valence-corrected chi connectivity index (χ0v) is 15.2. The van der Waals surface area contributed by atoms with Crippen molar-refractivity contribution in [2.24, 2.45) is 0 Å². The second-order valence-corrected chi connectivity index (χ2v) is 6.83. The summed E-state index contributed by atoms with van der Waals surface area (Å²) in [5, 5.41) is 4.20. The number of thiophene rings is 1. The zero-order valence-electron chi connectivity index (χ0n) is 14.4. The van der Waals surface area contributed by atoms with Gasteiger partial charge in [-0.15, -0.1) is 11.3 Å². The number of hydrogen-bond donors (Lipinski definition) is 2. The highest BCUT2D eigenvalue weighted by atomic mass is 32.1. The Morgan fingerprint density at radius 3 is 2.96 bits per heavy atom. The van der Waals surface area contributed by atoms with Crippen molar-refractivity contribution >= 4 is 44.4 Å². The van der Waals surface area contributed by atoms with Crippen LogP contribution in [0, 0.1) is 6.92 Å². The van der Waals surface area contributed by atoms with Crippen molar-refractivity contribution in [3.05, 3.63) is 46.9 Å². The summed E-state index contributed by atoms with van der Waals surface area (Å²) < 4.78 is 4.84. The number of hydrogen-bond acceptors (Lipinski definition) is 7. The molecule has 26 heavy (non-hydrogen) atoms. The van der Waals surface area contributed by atoms with Crippen molar-refractivity contribution in [3.8, 4) is 0 Å². The van der Waals surface area contributed by atoms with Gasteiger partial charge >= 0.3 is 5.97 Å². The van der Waals surface area contributed by atoms with Crippen LogP contribution >= 0.6 is 11.3 Å². The summed E-state index contributed by atoms with van der Waals surface area (Å²) in [6.45, 7) is 2.55. The Kier molecular flexibility index (Phi) is 4.26. The molecule has 3 heterocycles. The molecule has 0 radical (unpaired) electrons. The molecule has 0 fully saturated rings. The smallest absolute Gasteiger partial charge is 0.348 e. The molecule has 3 aromatic heterocycles. The average Bonchev–Trinajstić information content (AvgIpc) is 3.22. The third kappa shape index (κ3) is 2.88. The summed E-state index contributed by atoms with van der Waals surface area (Å²) in [5.41, 5.74) is 2.83. The number of methoxy groups -OCH3 is 1. The van der Waals surface area contributed by atoms with Gasteiger partial charge in [-0.25, -0.2) is 19.7 Å². The lowest BCUT2D eigenvalue weighted by atomic mass is 10.2. The Morgan fingerprint density at radius 2 is 2.15 bits per heavy atom. The van der Waals surface area contributed by atoms with Gasteiger partial charge in [-0.05, 0) is 24.6 Å². The standard InChI is InChI=1S/C18H17N5O2S/c1-10-14-16(20-9-21-17(14)26-15(10)18(24)25-2)19-8-7-13-22-11-5-3-4-6-12(11)23-13/h3-6,9H,7-8H2,1-2H3,(H,22,23)(H,19,20,21). The van der Waals surface area contributed by atoms with Crippen molar-refractivity contribution in [1.82, 2.24) is 19.9 Å². The first-order valence-electron chi connectivity index (χ1n) is 8.17. The number of ether oxygens (including phenoxy) is 1. The van der Waals surface area contributed by atoms with E-state index in [1.165, 1.54) is 24.8 Å². The van der Waals surface area contributed by atoms with Gasteiger partial charge in [-0.2, -0.15) is 0 Å². The molecule has 7 nitrogen and oxygen atoms in total. The molecule has 4 rings (SSSR count). The number of aromatic amines is 1. The highest BCUT2D eigenvalue weighted by Gasteiger charge is 2.19. The molecule has 1 aromatic carbocycles. The van der Waals surface area contributed by atoms with Crippen LogP contribution in [0.3, 0.4) is 0 Å². The molecule has 4 aromatic rings. The molecule has 0 unspecified atom stereocenters. The van der Waals surface area contributed by atoms with Gasteiger partial charge < -0.3 is 15.0 Å². The molecule has 0 aliphatic rings. The second kappa shape index (κ2) is 6.72. The fourth-order valence-electron chi connectivity index (χ4n) is 2.92. The maximum absolute atomic E-state index is 11.9. The SMILES string of the molecule is COC(=O)c1sc2ncnc(NCCc3nc4ccccc4[nH]3)c2c1C. The van der Waals surface area contributed by atoms with Gasteiger partial charge in [0.25, 0.3) is 0 Å². The lowest BCUT2D eigenvalue weighted by Crippen LogP contribution is -2.08. The molecule has 0 saturated carbocycles. The fourth-order valence-corrected chi connectivity index (χ4v) is 3.98. The Bertz CT molecular complexity index is 1070. The quantitative estimate of drug-likeness (QED) is 0.526. The molecule has 0 aliphatic carbocycles. The molecular formula is C18H17N5O2S. The van der Waals surface area contributed by atoms with Crippen molar-refractivity contribution in [1.29, 1.82) is 0 Å². The van der Waals surface area contributed by atoms with Crippen LogP contribution in [0.5, 0.6) is 0 Å². The van der Waals surface area contributed by atoms with Crippen LogP contribution in [0.1, 0.15) is 21.1 Å². The van der Waals surface area contributed by atoms with Crippen molar-refractivity contribution in [3.63, 3.8) is 0 Å². The van der Waals surface area contributed by atoms with E-state index >= 15 is 0 Å².